The van der Waals surface area contributed by atoms with E-state index in [-0.39, 0.29) is 23.8 Å². The number of alkyl halides is 3. The van der Waals surface area contributed by atoms with E-state index in [9.17, 15) is 22.8 Å². The predicted octanol–water partition coefficient (Wildman–Crippen LogP) is 4.06. The first-order valence-electron chi connectivity index (χ1n) is 8.05. The van der Waals surface area contributed by atoms with Gasteiger partial charge in [-0.15, -0.1) is 11.3 Å². The van der Waals surface area contributed by atoms with Crippen LogP contribution in [0, 0.1) is 0 Å². The van der Waals surface area contributed by atoms with E-state index in [4.69, 9.17) is 9.47 Å². The Kier molecular flexibility index (Phi) is 7.27. The average molecular weight is 417 g/mol. The van der Waals surface area contributed by atoms with Gasteiger partial charge in [-0.05, 0) is 30.2 Å². The van der Waals surface area contributed by atoms with Crippen LogP contribution in [-0.4, -0.2) is 38.9 Å². The average Bonchev–Trinajstić information content (AvgIpc) is 3.12. The monoisotopic (exact) mass is 417 g/mol. The van der Waals surface area contributed by atoms with Crippen molar-refractivity contribution >= 4 is 28.2 Å². The highest BCUT2D eigenvalue weighted by molar-refractivity contribution is 7.14. The van der Waals surface area contributed by atoms with Crippen LogP contribution in [0.15, 0.2) is 29.6 Å². The lowest BCUT2D eigenvalue weighted by Crippen LogP contribution is -2.19. The highest BCUT2D eigenvalue weighted by Gasteiger charge is 2.29. The number of rotatable bonds is 8. The molecule has 1 aromatic carbocycles. The van der Waals surface area contributed by atoms with Gasteiger partial charge >= 0.3 is 12.1 Å². The largest absolute Gasteiger partial charge is 0.493 e. The third-order valence-electron chi connectivity index (χ3n) is 3.54. The molecule has 1 N–H and O–H groups in total. The smallest absolute Gasteiger partial charge is 0.422 e. The second-order valence-electron chi connectivity index (χ2n) is 5.63. The number of hydrogen-bond acceptors (Lipinski definition) is 6. The van der Waals surface area contributed by atoms with E-state index in [0.717, 1.165) is 0 Å². The molecule has 28 heavy (non-hydrogen) atoms. The molecule has 0 aliphatic rings. The summed E-state index contributed by atoms with van der Waals surface area (Å²) in [7, 11) is 2.59. The lowest BCUT2D eigenvalue weighted by atomic mass is 10.1. The first-order chi connectivity index (χ1) is 13.2. The number of amides is 1. The Labute approximate surface area is 163 Å². The number of esters is 1. The normalized spacial score (nSPS) is 11.0. The number of anilines is 1. The molecule has 0 aliphatic heterocycles. The van der Waals surface area contributed by atoms with Crippen LogP contribution in [-0.2, 0) is 16.0 Å². The predicted molar refractivity (Wildman–Crippen MR) is 97.2 cm³/mol. The Bertz CT molecular complexity index is 835. The molecule has 0 saturated heterocycles. The summed E-state index contributed by atoms with van der Waals surface area (Å²) in [5, 5.41) is 4.77. The number of aryl methyl sites for hydroxylation is 1. The van der Waals surface area contributed by atoms with Gasteiger partial charge in [0.1, 0.15) is 0 Å². The number of ether oxygens (including phenoxy) is 3. The minimum absolute atomic E-state index is 0.0260. The number of halogens is 3. The molecule has 0 saturated carbocycles. The summed E-state index contributed by atoms with van der Waals surface area (Å²) in [6, 6.07) is 5.99. The molecule has 1 heterocycles. The van der Waals surface area contributed by atoms with Crippen molar-refractivity contribution < 1.29 is 37.0 Å². The summed E-state index contributed by atoms with van der Waals surface area (Å²) in [5.74, 6) is -0.628. The highest BCUT2D eigenvalue weighted by Crippen LogP contribution is 2.30. The zero-order valence-corrected chi connectivity index (χ0v) is 15.9. The van der Waals surface area contributed by atoms with E-state index < -0.39 is 18.8 Å². The molecule has 152 valence electrons. The van der Waals surface area contributed by atoms with Gasteiger partial charge in [-0.25, -0.2) is 4.79 Å². The molecule has 0 aliphatic carbocycles. The molecular formula is C18H18F3NO5S. The van der Waals surface area contributed by atoms with Crippen molar-refractivity contribution in [2.45, 2.75) is 19.0 Å². The molecule has 1 amide bonds. The number of carbonyl (C=O) groups is 2. The van der Waals surface area contributed by atoms with E-state index in [2.05, 4.69) is 10.1 Å². The molecule has 1 aromatic heterocycles. The standard InChI is InChI=1S/C18H18F3NO5S/c1-25-14-7-11(3-5-13(14)27-10-18(19,20)21)4-6-15(23)22-16-8-12(9-28-16)17(24)26-2/h3,5,7-9H,4,6,10H2,1-2H3,(H,22,23). The maximum atomic E-state index is 12.3. The van der Waals surface area contributed by atoms with Crippen LogP contribution >= 0.6 is 11.3 Å². The Hall–Kier alpha value is -2.75. The number of carbonyl (C=O) groups excluding carboxylic acids is 2. The van der Waals surface area contributed by atoms with Gasteiger partial charge in [-0.2, -0.15) is 13.2 Å². The van der Waals surface area contributed by atoms with Crippen LogP contribution in [0.1, 0.15) is 22.3 Å². The maximum absolute atomic E-state index is 12.3. The van der Waals surface area contributed by atoms with Crippen LogP contribution in [0.5, 0.6) is 11.5 Å². The number of thiophene rings is 1. The van der Waals surface area contributed by atoms with Crippen LogP contribution in [0.25, 0.3) is 0 Å². The second-order valence-corrected chi connectivity index (χ2v) is 6.54. The molecular weight excluding hydrogens is 399 g/mol. The van der Waals surface area contributed by atoms with Gasteiger partial charge in [-0.3, -0.25) is 4.79 Å². The Morgan fingerprint density at radius 1 is 1.14 bits per heavy atom. The Balaban J connectivity index is 1.91. The van der Waals surface area contributed by atoms with Crippen molar-refractivity contribution in [3.05, 3.63) is 40.8 Å². The minimum Gasteiger partial charge on any atom is -0.493 e. The van der Waals surface area contributed by atoms with E-state index in [0.29, 0.717) is 22.5 Å². The summed E-state index contributed by atoms with van der Waals surface area (Å²) in [5.41, 5.74) is 1.05. The fourth-order valence-electron chi connectivity index (χ4n) is 2.23. The van der Waals surface area contributed by atoms with Crippen LogP contribution in [0.2, 0.25) is 0 Å². The minimum atomic E-state index is -4.45. The van der Waals surface area contributed by atoms with E-state index in [1.54, 1.807) is 11.4 Å². The van der Waals surface area contributed by atoms with Gasteiger partial charge in [0.05, 0.1) is 24.8 Å². The first kappa shape index (κ1) is 21.5. The van der Waals surface area contributed by atoms with Crippen molar-refractivity contribution in [2.24, 2.45) is 0 Å². The zero-order chi connectivity index (χ0) is 20.7. The first-order valence-corrected chi connectivity index (χ1v) is 8.93. The summed E-state index contributed by atoms with van der Waals surface area (Å²) in [4.78, 5) is 23.5. The third kappa shape index (κ3) is 6.45. The topological polar surface area (TPSA) is 73.9 Å². The van der Waals surface area contributed by atoms with Crippen LogP contribution in [0.4, 0.5) is 18.2 Å². The molecule has 0 radical (unpaired) electrons. The molecule has 0 spiro atoms. The molecule has 0 unspecified atom stereocenters. The molecule has 10 heteroatoms. The highest BCUT2D eigenvalue weighted by atomic mass is 32.1. The van der Waals surface area contributed by atoms with E-state index in [1.807, 2.05) is 0 Å². The molecule has 2 rings (SSSR count). The van der Waals surface area contributed by atoms with Gasteiger partial charge in [0.2, 0.25) is 5.91 Å². The fourth-order valence-corrected chi connectivity index (χ4v) is 3.02. The molecule has 0 atom stereocenters. The van der Waals surface area contributed by atoms with Gasteiger partial charge in [0.25, 0.3) is 0 Å². The lowest BCUT2D eigenvalue weighted by Gasteiger charge is -2.13. The molecule has 0 fully saturated rings. The van der Waals surface area contributed by atoms with Crippen molar-refractivity contribution in [3.63, 3.8) is 0 Å². The molecule has 2 aromatic rings. The third-order valence-corrected chi connectivity index (χ3v) is 4.39. The van der Waals surface area contributed by atoms with Crippen LogP contribution < -0.4 is 14.8 Å². The van der Waals surface area contributed by atoms with Gasteiger partial charge < -0.3 is 19.5 Å². The summed E-state index contributed by atoms with van der Waals surface area (Å²) < 4.78 is 51.2. The van der Waals surface area contributed by atoms with Crippen molar-refractivity contribution in [2.75, 3.05) is 26.1 Å². The maximum Gasteiger partial charge on any atom is 0.422 e. The van der Waals surface area contributed by atoms with Crippen LogP contribution in [0.3, 0.4) is 0 Å². The molecule has 6 nitrogen and oxygen atoms in total. The van der Waals surface area contributed by atoms with E-state index >= 15 is 0 Å². The van der Waals surface area contributed by atoms with Crippen molar-refractivity contribution in [3.8, 4) is 11.5 Å². The number of methoxy groups -OCH3 is 2. The van der Waals surface area contributed by atoms with E-state index in [1.165, 1.54) is 43.8 Å². The van der Waals surface area contributed by atoms with Crippen molar-refractivity contribution in [1.82, 2.24) is 0 Å². The fraction of sp³-hybridized carbons (Fsp3) is 0.333. The quantitative estimate of drug-likeness (QED) is 0.656. The van der Waals surface area contributed by atoms with Gasteiger partial charge in [-0.1, -0.05) is 6.07 Å². The number of hydrogen-bond donors (Lipinski definition) is 1. The summed E-state index contributed by atoms with van der Waals surface area (Å²) in [6.07, 6.45) is -3.97. The lowest BCUT2D eigenvalue weighted by molar-refractivity contribution is -0.153. The zero-order valence-electron chi connectivity index (χ0n) is 15.1. The number of nitrogens with one attached hydrogen (secondary N) is 1. The van der Waals surface area contributed by atoms with Gasteiger partial charge in [0, 0.05) is 11.8 Å². The Morgan fingerprint density at radius 2 is 1.89 bits per heavy atom. The molecule has 0 bridgehead atoms. The van der Waals surface area contributed by atoms with Gasteiger partial charge in [0.15, 0.2) is 18.1 Å². The SMILES string of the molecule is COC(=O)c1csc(NC(=O)CCc2ccc(OCC(F)(F)F)c(OC)c2)c1. The number of benzene rings is 1. The summed E-state index contributed by atoms with van der Waals surface area (Å²) in [6.45, 7) is -1.42. The summed E-state index contributed by atoms with van der Waals surface area (Å²) >= 11 is 1.20. The Morgan fingerprint density at radius 3 is 2.54 bits per heavy atom. The van der Waals surface area contributed by atoms with Crippen molar-refractivity contribution in [1.29, 1.82) is 0 Å². The second kappa shape index (κ2) is 9.45.